The zero-order valence-electron chi connectivity index (χ0n) is 23.9. The van der Waals surface area contributed by atoms with Gasteiger partial charge in [0.1, 0.15) is 5.60 Å². The Bertz CT molecular complexity index is 1480. The van der Waals surface area contributed by atoms with Crippen LogP contribution in [0.15, 0.2) is 53.4 Å². The predicted octanol–water partition coefficient (Wildman–Crippen LogP) is 5.37. The van der Waals surface area contributed by atoms with Gasteiger partial charge >= 0.3 is 12.1 Å². The Morgan fingerprint density at radius 3 is 2.27 bits per heavy atom. The van der Waals surface area contributed by atoms with Crippen molar-refractivity contribution in [3.8, 4) is 11.3 Å². The molecule has 0 saturated carbocycles. The topological polar surface area (TPSA) is 137 Å². The second kappa shape index (κ2) is 12.5. The Hall–Kier alpha value is -3.99. The van der Waals surface area contributed by atoms with Crippen LogP contribution in [0.5, 0.6) is 0 Å². The van der Waals surface area contributed by atoms with Crippen LogP contribution in [0.4, 0.5) is 10.7 Å². The van der Waals surface area contributed by atoms with Gasteiger partial charge in [-0.15, -0.1) is 0 Å². The fourth-order valence-electron chi connectivity index (χ4n) is 4.05. The molecule has 1 atom stereocenters. The number of carbonyl (C=O) groups excluding carboxylic acids is 2. The molecule has 214 valence electrons. The van der Waals surface area contributed by atoms with Crippen LogP contribution in [-0.2, 0) is 19.5 Å². The summed E-state index contributed by atoms with van der Waals surface area (Å²) in [4.78, 5) is 32.9. The minimum atomic E-state index is -4.14. The zero-order chi connectivity index (χ0) is 29.7. The number of anilines is 1. The van der Waals surface area contributed by atoms with E-state index >= 15 is 0 Å². The van der Waals surface area contributed by atoms with Gasteiger partial charge in [0.05, 0.1) is 23.3 Å². The molecule has 0 aliphatic heterocycles. The number of methoxy groups -OCH3 is 1. The fourth-order valence-corrected chi connectivity index (χ4v) is 5.04. The standard InChI is InChI=1S/C29H36N4O6S/c1-18(14-15-30-28(35)39-29(4,5)6)23-17-24(25-19(2)10-8-11-20(25)3)32-27(31-23)33-40(36,37)22-13-9-12-21(16-22)26(34)38-7/h8-13,16-18H,14-15H2,1-7H3,(H,30,35)(H,31,32,33). The molecule has 0 radical (unpaired) electrons. The number of amides is 1. The molecule has 11 heteroatoms. The molecule has 1 aromatic heterocycles. The van der Waals surface area contributed by atoms with Crippen molar-refractivity contribution in [2.45, 2.75) is 64.4 Å². The van der Waals surface area contributed by atoms with E-state index in [2.05, 4.69) is 20.0 Å². The van der Waals surface area contributed by atoms with Crippen molar-refractivity contribution in [3.63, 3.8) is 0 Å². The Balaban J connectivity index is 1.95. The molecule has 3 rings (SSSR count). The number of alkyl carbamates (subject to hydrolysis) is 1. The number of nitrogens with one attached hydrogen (secondary N) is 2. The van der Waals surface area contributed by atoms with Gasteiger partial charge in [-0.1, -0.05) is 31.2 Å². The predicted molar refractivity (Wildman–Crippen MR) is 153 cm³/mol. The highest BCUT2D eigenvalue weighted by Crippen LogP contribution is 2.30. The Kier molecular flexibility index (Phi) is 9.52. The number of hydrogen-bond acceptors (Lipinski definition) is 8. The summed E-state index contributed by atoms with van der Waals surface area (Å²) in [7, 11) is -2.92. The Labute approximate surface area is 235 Å². The molecule has 1 heterocycles. The molecule has 0 aliphatic rings. The summed E-state index contributed by atoms with van der Waals surface area (Å²) in [6, 6.07) is 13.2. The third-order valence-corrected chi connectivity index (χ3v) is 7.35. The summed E-state index contributed by atoms with van der Waals surface area (Å²) in [5.41, 5.74) is 3.48. The van der Waals surface area contributed by atoms with E-state index in [1.165, 1.54) is 31.4 Å². The first kappa shape index (κ1) is 30.6. The fraction of sp³-hybridized carbons (Fsp3) is 0.379. The zero-order valence-corrected chi connectivity index (χ0v) is 24.7. The van der Waals surface area contributed by atoms with Gasteiger partial charge in [0, 0.05) is 23.7 Å². The maximum absolute atomic E-state index is 13.3. The number of aryl methyl sites for hydroxylation is 2. The van der Waals surface area contributed by atoms with E-state index < -0.39 is 27.7 Å². The van der Waals surface area contributed by atoms with Crippen LogP contribution in [0.3, 0.4) is 0 Å². The third-order valence-electron chi connectivity index (χ3n) is 6.02. The number of nitrogens with zero attached hydrogens (tertiary/aromatic N) is 2. The summed E-state index contributed by atoms with van der Waals surface area (Å²) in [5.74, 6) is -0.918. The smallest absolute Gasteiger partial charge is 0.407 e. The number of esters is 1. The van der Waals surface area contributed by atoms with Crippen molar-refractivity contribution in [1.82, 2.24) is 15.3 Å². The highest BCUT2D eigenvalue weighted by atomic mass is 32.2. The molecule has 2 aromatic carbocycles. The molecular weight excluding hydrogens is 532 g/mol. The first-order chi connectivity index (χ1) is 18.7. The first-order valence-electron chi connectivity index (χ1n) is 12.8. The largest absolute Gasteiger partial charge is 0.465 e. The van der Waals surface area contributed by atoms with Crippen LogP contribution < -0.4 is 10.0 Å². The number of hydrogen-bond donors (Lipinski definition) is 2. The van der Waals surface area contributed by atoms with E-state index in [9.17, 15) is 18.0 Å². The van der Waals surface area contributed by atoms with Gasteiger partial charge in [0.15, 0.2) is 0 Å². The molecule has 0 bridgehead atoms. The Morgan fingerprint density at radius 2 is 1.65 bits per heavy atom. The monoisotopic (exact) mass is 568 g/mol. The van der Waals surface area contributed by atoms with Crippen molar-refractivity contribution in [2.24, 2.45) is 0 Å². The molecule has 3 aromatic rings. The van der Waals surface area contributed by atoms with Crippen molar-refractivity contribution in [3.05, 3.63) is 70.9 Å². The van der Waals surface area contributed by atoms with Crippen molar-refractivity contribution < 1.29 is 27.5 Å². The van der Waals surface area contributed by atoms with Crippen LogP contribution in [0, 0.1) is 13.8 Å². The van der Waals surface area contributed by atoms with E-state index in [1.54, 1.807) is 20.8 Å². The number of benzene rings is 2. The van der Waals surface area contributed by atoms with Gasteiger partial charge in [-0.2, -0.15) is 0 Å². The van der Waals surface area contributed by atoms with Gasteiger partial charge in [-0.05, 0) is 76.4 Å². The SMILES string of the molecule is COC(=O)c1cccc(S(=O)(=O)Nc2nc(-c3c(C)cccc3C)cc(C(C)CCNC(=O)OC(C)(C)C)n2)c1. The van der Waals surface area contributed by atoms with Crippen LogP contribution in [0.1, 0.15) is 67.2 Å². The summed E-state index contributed by atoms with van der Waals surface area (Å²) >= 11 is 0. The number of sulfonamides is 1. The van der Waals surface area contributed by atoms with E-state index in [4.69, 9.17) is 9.47 Å². The van der Waals surface area contributed by atoms with Crippen LogP contribution in [0.2, 0.25) is 0 Å². The lowest BCUT2D eigenvalue weighted by Crippen LogP contribution is -2.33. The first-order valence-corrected chi connectivity index (χ1v) is 14.3. The second-order valence-electron chi connectivity index (χ2n) is 10.5. The summed E-state index contributed by atoms with van der Waals surface area (Å²) in [6.45, 7) is 11.6. The molecule has 0 spiro atoms. The minimum absolute atomic E-state index is 0.0994. The van der Waals surface area contributed by atoms with Crippen LogP contribution in [-0.4, -0.2) is 49.7 Å². The summed E-state index contributed by atoms with van der Waals surface area (Å²) < 4.78 is 39.0. The maximum atomic E-state index is 13.3. The summed E-state index contributed by atoms with van der Waals surface area (Å²) in [5, 5.41) is 2.74. The van der Waals surface area contributed by atoms with E-state index in [0.717, 1.165) is 16.7 Å². The molecule has 10 nitrogen and oxygen atoms in total. The average molecular weight is 569 g/mol. The molecule has 40 heavy (non-hydrogen) atoms. The van der Waals surface area contributed by atoms with Gasteiger partial charge in [0.25, 0.3) is 10.0 Å². The molecule has 0 aliphatic carbocycles. The summed E-state index contributed by atoms with van der Waals surface area (Å²) in [6.07, 6.45) is 0.0109. The molecule has 0 saturated heterocycles. The normalized spacial score (nSPS) is 12.4. The number of carbonyl (C=O) groups is 2. The molecule has 1 amide bonds. The Morgan fingerprint density at radius 1 is 1.00 bits per heavy atom. The van der Waals surface area contributed by atoms with Crippen LogP contribution >= 0.6 is 0 Å². The second-order valence-corrected chi connectivity index (χ2v) is 12.2. The lowest BCUT2D eigenvalue weighted by Gasteiger charge is -2.20. The average Bonchev–Trinajstić information content (AvgIpc) is 2.86. The highest BCUT2D eigenvalue weighted by molar-refractivity contribution is 7.92. The number of ether oxygens (including phenoxy) is 2. The minimum Gasteiger partial charge on any atom is -0.465 e. The molecule has 1 unspecified atom stereocenters. The van der Waals surface area contributed by atoms with Gasteiger partial charge in [0.2, 0.25) is 5.95 Å². The molecular formula is C29H36N4O6S. The maximum Gasteiger partial charge on any atom is 0.407 e. The highest BCUT2D eigenvalue weighted by Gasteiger charge is 2.22. The van der Waals surface area contributed by atoms with E-state index in [1.807, 2.05) is 45.0 Å². The number of aromatic nitrogens is 2. The third kappa shape index (κ3) is 8.01. The molecule has 2 N–H and O–H groups in total. The van der Waals surface area contributed by atoms with Gasteiger partial charge in [-0.3, -0.25) is 0 Å². The van der Waals surface area contributed by atoms with E-state index in [0.29, 0.717) is 24.4 Å². The lowest BCUT2D eigenvalue weighted by molar-refractivity contribution is 0.0525. The van der Waals surface area contributed by atoms with Gasteiger partial charge in [-0.25, -0.2) is 32.7 Å². The van der Waals surface area contributed by atoms with Crippen molar-refractivity contribution in [2.75, 3.05) is 18.4 Å². The molecule has 0 fully saturated rings. The van der Waals surface area contributed by atoms with Gasteiger partial charge < -0.3 is 14.8 Å². The number of rotatable bonds is 9. The van der Waals surface area contributed by atoms with Crippen molar-refractivity contribution >= 4 is 28.0 Å². The quantitative estimate of drug-likeness (QED) is 0.329. The van der Waals surface area contributed by atoms with Crippen molar-refractivity contribution in [1.29, 1.82) is 0 Å². The lowest BCUT2D eigenvalue weighted by atomic mass is 9.97. The van der Waals surface area contributed by atoms with Crippen LogP contribution in [0.25, 0.3) is 11.3 Å². The van der Waals surface area contributed by atoms with E-state index in [-0.39, 0.29) is 22.3 Å².